The summed E-state index contributed by atoms with van der Waals surface area (Å²) in [5.74, 6) is 0. The number of alkyl halides is 3. The van der Waals surface area contributed by atoms with E-state index < -0.39 is 41.2 Å². The molecule has 1 aliphatic heterocycles. The van der Waals surface area contributed by atoms with Crippen molar-refractivity contribution in [2.24, 2.45) is 0 Å². The zero-order valence-corrected chi connectivity index (χ0v) is 31.9. The quantitative estimate of drug-likeness (QED) is 0.135. The number of ether oxygens (including phenoxy) is 1. The Hall–Kier alpha value is 6.36. The topological polar surface area (TPSA) is 111 Å². The van der Waals surface area contributed by atoms with Gasteiger partial charge in [0.25, 0.3) is 3.92 Å². The number of rotatable bonds is 3. The van der Waals surface area contributed by atoms with Gasteiger partial charge >= 0.3 is 0 Å². The molecule has 0 spiro atoms. The van der Waals surface area contributed by atoms with Crippen LogP contribution in [0.2, 0.25) is 0 Å². The van der Waals surface area contributed by atoms with E-state index >= 15 is 0 Å². The van der Waals surface area contributed by atoms with Crippen LogP contribution in [0.4, 0.5) is 0 Å². The monoisotopic (exact) mass is 1220 g/mol. The first-order valence-corrected chi connectivity index (χ1v) is 5.69. The standard InChI is InChI=1S/C7H12Cl3NO6.4Ac/c8-7(9,10)11-17-6-5(15)4(14)3(13)2(1-12)16-6;;;;/h2-6,11-15H,1H2;;;;. The van der Waals surface area contributed by atoms with Crippen molar-refractivity contribution in [2.75, 3.05) is 6.61 Å². The van der Waals surface area contributed by atoms with E-state index in [1.807, 2.05) is 5.48 Å². The molecule has 0 aromatic carbocycles. The fraction of sp³-hybridized carbons (Fsp3) is 1.00. The van der Waals surface area contributed by atoms with Crippen molar-refractivity contribution < 1.29 is 206 Å². The number of halogens is 3. The van der Waals surface area contributed by atoms with E-state index in [2.05, 4.69) is 0 Å². The first-order chi connectivity index (χ1) is 7.76. The number of nitrogens with one attached hydrogen (secondary N) is 1. The molecule has 0 amide bonds. The molecule has 0 aromatic heterocycles. The Morgan fingerprint density at radius 3 is 1.81 bits per heavy atom. The Balaban J connectivity index is -0.000000361. The number of aliphatic hydroxyl groups excluding tert-OH is 4. The van der Waals surface area contributed by atoms with Crippen molar-refractivity contribution in [3.63, 3.8) is 0 Å². The van der Waals surface area contributed by atoms with Crippen LogP contribution in [0.3, 0.4) is 0 Å². The van der Waals surface area contributed by atoms with Crippen molar-refractivity contribution in [3.05, 3.63) is 0 Å². The van der Waals surface area contributed by atoms with Crippen LogP contribution in [0.1, 0.15) is 0 Å². The summed E-state index contributed by atoms with van der Waals surface area (Å²) in [7, 11) is 0. The Morgan fingerprint density at radius 1 is 0.952 bits per heavy atom. The maximum absolute atomic E-state index is 9.51. The summed E-state index contributed by atoms with van der Waals surface area (Å²) in [5.41, 5.74) is 1.94. The van der Waals surface area contributed by atoms with Gasteiger partial charge in [-0.1, -0.05) is 34.8 Å². The molecule has 1 saturated heterocycles. The van der Waals surface area contributed by atoms with E-state index in [-0.39, 0.29) is 176 Å². The fourth-order valence-corrected chi connectivity index (χ4v) is 1.42. The smallest absolute Gasteiger partial charge is 0.266 e. The van der Waals surface area contributed by atoms with Gasteiger partial charge < -0.3 is 25.2 Å². The van der Waals surface area contributed by atoms with Gasteiger partial charge in [0, 0.05) is 176 Å². The van der Waals surface area contributed by atoms with E-state index in [0.717, 1.165) is 0 Å². The first kappa shape index (κ1) is 34.8. The molecule has 4 radical (unpaired) electrons. The zero-order valence-electron chi connectivity index (χ0n) is 10.6. The molecule has 5 atom stereocenters. The summed E-state index contributed by atoms with van der Waals surface area (Å²) in [6.07, 6.45) is -7.07. The summed E-state index contributed by atoms with van der Waals surface area (Å²) in [6, 6.07) is 0. The normalized spacial score (nSPS) is 31.9. The molecule has 7 nitrogen and oxygen atoms in total. The summed E-state index contributed by atoms with van der Waals surface area (Å²) < 4.78 is 3.01. The summed E-state index contributed by atoms with van der Waals surface area (Å²) in [6.45, 7) is -0.571. The van der Waals surface area contributed by atoms with Crippen molar-refractivity contribution >= 4 is 34.8 Å². The molecular weight excluding hydrogens is 1210 g/mol. The molecule has 14 heteroatoms. The Labute approximate surface area is 280 Å². The van der Waals surface area contributed by atoms with Crippen LogP contribution in [0.25, 0.3) is 0 Å². The van der Waals surface area contributed by atoms with Gasteiger partial charge in [0.2, 0.25) is 6.29 Å². The molecule has 0 aliphatic carbocycles. The van der Waals surface area contributed by atoms with Crippen molar-refractivity contribution in [3.8, 4) is 0 Å². The third kappa shape index (κ3) is 13.2. The van der Waals surface area contributed by atoms with Crippen LogP contribution in [0.15, 0.2) is 0 Å². The van der Waals surface area contributed by atoms with Crippen LogP contribution in [-0.4, -0.2) is 61.7 Å². The molecule has 0 bridgehead atoms. The SMILES string of the molecule is OCC1OC(ONC(Cl)(Cl)Cl)C(O)C(O)C1O.[Ac].[Ac].[Ac].[Ac]. The minimum Gasteiger partial charge on any atom is -0.394 e. The molecule has 0 aromatic rings. The third-order valence-electron chi connectivity index (χ3n) is 2.14. The molecule has 114 valence electrons. The number of hydrogen-bond donors (Lipinski definition) is 5. The third-order valence-corrected chi connectivity index (χ3v) is 2.37. The minimum atomic E-state index is -1.95. The molecule has 1 heterocycles. The Morgan fingerprint density at radius 2 is 1.43 bits per heavy atom. The molecule has 1 fully saturated rings. The van der Waals surface area contributed by atoms with E-state index in [1.165, 1.54) is 0 Å². The molecule has 1 aliphatic rings. The van der Waals surface area contributed by atoms with Gasteiger partial charge in [0.05, 0.1) is 6.61 Å². The number of hydrogen-bond acceptors (Lipinski definition) is 7. The van der Waals surface area contributed by atoms with Gasteiger partial charge in [-0.2, -0.15) is 5.48 Å². The van der Waals surface area contributed by atoms with Gasteiger partial charge in [-0.05, 0) is 0 Å². The minimum absolute atomic E-state index is 0. The number of hydroxylamine groups is 1. The van der Waals surface area contributed by atoms with Crippen LogP contribution in [0.5, 0.6) is 0 Å². The molecule has 1 rings (SSSR count). The molecule has 5 N–H and O–H groups in total. The first-order valence-electron chi connectivity index (χ1n) is 4.56. The van der Waals surface area contributed by atoms with E-state index in [1.54, 1.807) is 0 Å². The Bertz CT molecular complexity index is 265. The summed E-state index contributed by atoms with van der Waals surface area (Å²) in [4.78, 5) is 4.71. The van der Waals surface area contributed by atoms with Gasteiger partial charge in [-0.3, -0.25) is 4.84 Å². The molecule has 21 heavy (non-hydrogen) atoms. The van der Waals surface area contributed by atoms with Crippen LogP contribution >= 0.6 is 34.8 Å². The van der Waals surface area contributed by atoms with Gasteiger partial charge in [0.1, 0.15) is 24.4 Å². The van der Waals surface area contributed by atoms with Gasteiger partial charge in [0.15, 0.2) is 0 Å². The maximum Gasteiger partial charge on any atom is 0.266 e. The average Bonchev–Trinajstić information content (AvgIpc) is 2.24. The van der Waals surface area contributed by atoms with E-state index in [0.29, 0.717) is 0 Å². The van der Waals surface area contributed by atoms with E-state index in [9.17, 15) is 15.3 Å². The zero-order chi connectivity index (χ0) is 13.2. The summed E-state index contributed by atoms with van der Waals surface area (Å²) >= 11 is 16.0. The van der Waals surface area contributed by atoms with Gasteiger partial charge in [-0.25, -0.2) is 0 Å². The van der Waals surface area contributed by atoms with Crippen LogP contribution in [-0.2, 0) is 9.57 Å². The number of aliphatic hydroxyl groups is 4. The average molecular weight is 1220 g/mol. The predicted octanol–water partition coefficient (Wildman–Crippen LogP) is -1.36. The van der Waals surface area contributed by atoms with Crippen molar-refractivity contribution in [2.45, 2.75) is 34.6 Å². The fourth-order valence-electron chi connectivity index (χ4n) is 1.29. The van der Waals surface area contributed by atoms with E-state index in [4.69, 9.17) is 49.5 Å². The molecule has 0 saturated carbocycles. The predicted molar refractivity (Wildman–Crippen MR) is 58.3 cm³/mol. The largest absolute Gasteiger partial charge is 0.394 e. The van der Waals surface area contributed by atoms with Crippen LogP contribution < -0.4 is 5.48 Å². The van der Waals surface area contributed by atoms with Gasteiger partial charge in [-0.15, -0.1) is 0 Å². The van der Waals surface area contributed by atoms with Crippen LogP contribution in [0, 0.1) is 176 Å². The second-order valence-corrected chi connectivity index (χ2v) is 5.70. The summed E-state index contributed by atoms with van der Waals surface area (Å²) in [5, 5.41) is 37.2. The Kier molecular flexibility index (Phi) is 28.6. The van der Waals surface area contributed by atoms with Crippen molar-refractivity contribution in [1.29, 1.82) is 0 Å². The second kappa shape index (κ2) is 17.2. The molecular formula is C7H12Ac4Cl3NO6. The second-order valence-electron chi connectivity index (χ2n) is 3.41. The molecule has 5 unspecified atom stereocenters. The van der Waals surface area contributed by atoms with Crippen molar-refractivity contribution in [1.82, 2.24) is 5.48 Å². The maximum atomic E-state index is 9.51.